The second-order valence-electron chi connectivity index (χ2n) is 21.6. The predicted molar refractivity (Wildman–Crippen MR) is 369 cm³/mol. The van der Waals surface area contributed by atoms with E-state index in [0.29, 0.717) is 59.0 Å². The zero-order valence-corrected chi connectivity index (χ0v) is 51.3. The summed E-state index contributed by atoms with van der Waals surface area (Å²) in [6, 6.07) is 45.1. The van der Waals surface area contributed by atoms with Crippen LogP contribution in [0, 0.1) is 0 Å². The van der Waals surface area contributed by atoms with Crippen molar-refractivity contribution >= 4 is 103 Å². The maximum Gasteiger partial charge on any atom is 0.343 e. The van der Waals surface area contributed by atoms with Gasteiger partial charge in [-0.25, -0.2) is 33.6 Å². The number of ether oxygens (including phenoxy) is 5. The van der Waals surface area contributed by atoms with Crippen molar-refractivity contribution in [3.8, 4) is 17.2 Å². The lowest BCUT2D eigenvalue weighted by Gasteiger charge is -2.23. The van der Waals surface area contributed by atoms with E-state index in [1.807, 2.05) is 60.7 Å². The highest BCUT2D eigenvalue weighted by atomic mass is 28.3. The molecule has 0 aromatic heterocycles. The van der Waals surface area contributed by atoms with Gasteiger partial charge in [0.05, 0.1) is 66.3 Å². The molecular formula is C71H92O15Si3. The molecule has 7 aromatic carbocycles. The van der Waals surface area contributed by atoms with E-state index in [1.54, 1.807) is 60.7 Å². The number of phenolic OH excluding ortho intramolecular Hbond substituents is 1. The van der Waals surface area contributed by atoms with E-state index in [2.05, 4.69) is 59.0 Å². The first kappa shape index (κ1) is 80.0. The summed E-state index contributed by atoms with van der Waals surface area (Å²) in [5, 5.41) is 33.6. The molecule has 15 nitrogen and oxygen atoms in total. The lowest BCUT2D eigenvalue weighted by Crippen LogP contribution is -2.41. The molecule has 0 fully saturated rings. The number of hydrogen-bond donors (Lipinski definition) is 3. The fraction of sp³-hybridized carbons (Fsp3) is 0.282. The maximum absolute atomic E-state index is 13.0. The zero-order valence-electron chi connectivity index (χ0n) is 48.3. The number of esters is 5. The predicted octanol–water partition coefficient (Wildman–Crippen LogP) is 15.2. The molecule has 18 heteroatoms. The number of carboxylic acid groups (broad SMARTS) is 2. The van der Waals surface area contributed by atoms with Crippen LogP contribution in [-0.4, -0.2) is 101 Å². The van der Waals surface area contributed by atoms with Crippen molar-refractivity contribution in [1.82, 2.24) is 0 Å². The molecule has 89 heavy (non-hydrogen) atoms. The molecule has 7 rings (SSSR count). The summed E-state index contributed by atoms with van der Waals surface area (Å²) < 4.78 is 26.5. The first-order valence-electron chi connectivity index (χ1n) is 27.2. The van der Waals surface area contributed by atoms with Gasteiger partial charge >= 0.3 is 41.8 Å². The number of aromatic hydroxyl groups is 1. The minimum atomic E-state index is -1.78. The molecule has 0 spiro atoms. The molecule has 0 saturated carbocycles. The van der Waals surface area contributed by atoms with E-state index in [9.17, 15) is 38.7 Å². The van der Waals surface area contributed by atoms with Crippen LogP contribution in [0.3, 0.4) is 0 Å². The van der Waals surface area contributed by atoms with Crippen LogP contribution < -0.4 is 25.0 Å². The summed E-state index contributed by atoms with van der Waals surface area (Å²) in [6.45, 7) is 24.9. The number of hydrogen-bond acceptors (Lipinski definition) is 13. The molecule has 0 saturated heterocycles. The van der Waals surface area contributed by atoms with Gasteiger partial charge in [0.15, 0.2) is 0 Å². The van der Waals surface area contributed by atoms with Gasteiger partial charge in [0.25, 0.3) is 0 Å². The Morgan fingerprint density at radius 3 is 0.888 bits per heavy atom. The van der Waals surface area contributed by atoms with E-state index in [0.717, 1.165) is 48.2 Å². The standard InChI is InChI=1S/C40H44O8Si2.C14H20O3Si.C12H8O4.5CH4/c1-7-37(41)45-23-9-25-49(3,4)35-19-15-33(16-20-35)47-39(43)31-13-11-30-28-32(14-12-29(30)27-31)40(44)48-34-17-21-36(22-18-34)50(5,6)26-10-24-46-38(42)8-2;1-4-14(16)17-10-5-11-18(2,3)13-8-6-12(15)7-9-13;13-11(14)9-3-1-7-5-10(12(15)16)4-2-8(7)6-9;;;;;/h7-8,11-22,27-28H,1-2,9-10,23-26H2,3-6H3;4,6-9,15H,1,5,10-11H2,2-3H3;1-6H,(H,13,14)(H,15,16);5*1H4. The van der Waals surface area contributed by atoms with Crippen molar-refractivity contribution in [2.75, 3.05) is 19.8 Å². The Bertz CT molecular complexity index is 3310. The van der Waals surface area contributed by atoms with Gasteiger partial charge in [-0.2, -0.15) is 0 Å². The van der Waals surface area contributed by atoms with Crippen LogP contribution in [0.1, 0.15) is 97.8 Å². The molecule has 0 heterocycles. The van der Waals surface area contributed by atoms with E-state index in [1.165, 1.54) is 58.1 Å². The third-order valence-corrected chi connectivity index (χ3v) is 24.6. The second-order valence-corrected chi connectivity index (χ2v) is 36.2. The van der Waals surface area contributed by atoms with E-state index >= 15 is 0 Å². The van der Waals surface area contributed by atoms with Gasteiger partial charge in [0, 0.05) is 18.2 Å². The molecule has 0 unspecified atom stereocenters. The normalized spacial score (nSPS) is 10.4. The zero-order chi connectivity index (χ0) is 61.6. The van der Waals surface area contributed by atoms with Crippen molar-refractivity contribution < 1.29 is 72.6 Å². The van der Waals surface area contributed by atoms with Crippen LogP contribution in [0.25, 0.3) is 21.5 Å². The van der Waals surface area contributed by atoms with Gasteiger partial charge < -0.3 is 39.0 Å². The summed E-state index contributed by atoms with van der Waals surface area (Å²) in [6.07, 6.45) is 5.92. The van der Waals surface area contributed by atoms with Gasteiger partial charge in [-0.05, 0) is 126 Å². The van der Waals surface area contributed by atoms with Gasteiger partial charge in [0.1, 0.15) is 17.2 Å². The highest BCUT2D eigenvalue weighted by Gasteiger charge is 2.26. The van der Waals surface area contributed by atoms with Crippen LogP contribution in [0.2, 0.25) is 57.4 Å². The molecule has 0 aliphatic rings. The van der Waals surface area contributed by atoms with Crippen molar-refractivity contribution in [3.63, 3.8) is 0 Å². The van der Waals surface area contributed by atoms with Crippen LogP contribution in [-0.2, 0) is 28.6 Å². The fourth-order valence-corrected chi connectivity index (χ4v) is 16.0. The molecule has 0 atom stereocenters. The average Bonchev–Trinajstić information content (AvgIpc) is 3.20. The number of aromatic carboxylic acids is 2. The largest absolute Gasteiger partial charge is 0.508 e. The SMILES string of the molecule is C.C.C.C.C.C=CC(=O)OCCC[Si](C)(C)c1ccc(O)cc1.C=CC(=O)OCCC[Si](C)(C)c1ccc(OC(=O)c2ccc3cc(C(=O)Oc4ccc([Si](C)(C)CCCOC(=O)C=C)cc4)ccc3c2)cc1.O=C(O)c1ccc2cc(C(=O)O)ccc2c1. The molecule has 0 bridgehead atoms. The fourth-order valence-electron chi connectivity index (χ4n) is 8.87. The Labute approximate surface area is 529 Å². The number of benzene rings is 7. The number of fused-ring (bicyclic) bond motifs is 2. The lowest BCUT2D eigenvalue weighted by atomic mass is 10.0. The van der Waals surface area contributed by atoms with E-state index < -0.39 is 60.0 Å². The smallest absolute Gasteiger partial charge is 0.343 e. The van der Waals surface area contributed by atoms with Crippen molar-refractivity contribution in [3.05, 3.63) is 206 Å². The highest BCUT2D eigenvalue weighted by Crippen LogP contribution is 2.24. The van der Waals surface area contributed by atoms with Crippen LogP contribution in [0.4, 0.5) is 0 Å². The number of carbonyl (C=O) groups excluding carboxylic acids is 5. The summed E-state index contributed by atoms with van der Waals surface area (Å²) in [5.41, 5.74) is 1.17. The maximum atomic E-state index is 13.0. The van der Waals surface area contributed by atoms with Crippen LogP contribution in [0.15, 0.2) is 184 Å². The molecule has 0 radical (unpaired) electrons. The van der Waals surface area contributed by atoms with Gasteiger partial charge in [0.2, 0.25) is 0 Å². The second kappa shape index (κ2) is 37.7. The van der Waals surface area contributed by atoms with Gasteiger partial charge in [-0.15, -0.1) is 0 Å². The van der Waals surface area contributed by atoms with Gasteiger partial charge in [-0.3, -0.25) is 0 Å². The Kier molecular flexibility index (Phi) is 33.9. The summed E-state index contributed by atoms with van der Waals surface area (Å²) >= 11 is 0. The molecule has 7 aromatic rings. The third kappa shape index (κ3) is 25.0. The minimum absolute atomic E-state index is 0. The van der Waals surface area contributed by atoms with Crippen LogP contribution in [0.5, 0.6) is 17.2 Å². The third-order valence-electron chi connectivity index (χ3n) is 14.1. The first-order valence-corrected chi connectivity index (χ1v) is 36.8. The molecule has 0 amide bonds. The molecular weight excluding hydrogens is 1180 g/mol. The Balaban J connectivity index is 0.00000162. The quantitative estimate of drug-likeness (QED) is 0.0128. The number of rotatable bonds is 24. The van der Waals surface area contributed by atoms with Crippen LogP contribution >= 0.6 is 0 Å². The van der Waals surface area contributed by atoms with E-state index in [4.69, 9.17) is 33.9 Å². The van der Waals surface area contributed by atoms with Crippen molar-refractivity contribution in [2.45, 2.75) is 114 Å². The van der Waals surface area contributed by atoms with Gasteiger partial charge in [-0.1, -0.05) is 191 Å². The Morgan fingerprint density at radius 1 is 0.382 bits per heavy atom. The van der Waals surface area contributed by atoms with Crippen molar-refractivity contribution in [2.24, 2.45) is 0 Å². The number of phenols is 1. The topological polar surface area (TPSA) is 226 Å². The lowest BCUT2D eigenvalue weighted by molar-refractivity contribution is -0.138. The van der Waals surface area contributed by atoms with Crippen molar-refractivity contribution in [1.29, 1.82) is 0 Å². The summed E-state index contributed by atoms with van der Waals surface area (Å²) in [5.74, 6) is -2.93. The summed E-state index contributed by atoms with van der Waals surface area (Å²) in [7, 11) is -5.06. The average molecular weight is 1270 g/mol. The molecule has 478 valence electrons. The molecule has 3 N–H and O–H groups in total. The number of carboxylic acids is 2. The molecule has 0 aliphatic carbocycles. The Hall–Kier alpha value is -8.98. The molecule has 0 aliphatic heterocycles. The first-order chi connectivity index (χ1) is 39.8. The van der Waals surface area contributed by atoms with E-state index in [-0.39, 0.29) is 54.2 Å². The highest BCUT2D eigenvalue weighted by molar-refractivity contribution is 6.90. The Morgan fingerprint density at radius 2 is 0.629 bits per heavy atom. The minimum Gasteiger partial charge on any atom is -0.508 e. The monoisotopic (exact) mass is 1270 g/mol. The summed E-state index contributed by atoms with van der Waals surface area (Å²) in [4.78, 5) is 80.9. The number of carbonyl (C=O) groups is 7.